The second kappa shape index (κ2) is 4.11. The maximum atomic E-state index is 11.9. The van der Waals surface area contributed by atoms with Crippen molar-refractivity contribution in [3.63, 3.8) is 0 Å². The maximum Gasteiger partial charge on any atom is 0.296 e. The van der Waals surface area contributed by atoms with Gasteiger partial charge >= 0.3 is 0 Å². The third kappa shape index (κ3) is 2.34. The van der Waals surface area contributed by atoms with Crippen LogP contribution in [0, 0.1) is 0 Å². The first kappa shape index (κ1) is 9.83. The van der Waals surface area contributed by atoms with Crippen LogP contribution in [0.5, 0.6) is 0 Å². The van der Waals surface area contributed by atoms with Crippen LogP contribution in [0.1, 0.15) is 12.7 Å². The molecule has 1 aromatic rings. The molecular formula is C8H10F2N2O. The van der Waals surface area contributed by atoms with Gasteiger partial charge in [-0.25, -0.2) is 13.8 Å². The summed E-state index contributed by atoms with van der Waals surface area (Å²) in [6, 6.07) is 0. The molecule has 0 spiro atoms. The first-order chi connectivity index (χ1) is 6.15. The highest BCUT2D eigenvalue weighted by Gasteiger charge is 2.17. The van der Waals surface area contributed by atoms with Gasteiger partial charge in [0.2, 0.25) is 5.78 Å². The second-order valence-electron chi connectivity index (χ2n) is 2.57. The first-order valence-electron chi connectivity index (χ1n) is 3.96. The molecule has 0 unspecified atom stereocenters. The van der Waals surface area contributed by atoms with Crippen LogP contribution >= 0.6 is 0 Å². The van der Waals surface area contributed by atoms with E-state index in [-0.39, 0.29) is 6.42 Å². The molecule has 0 bridgehead atoms. The molecule has 0 aromatic carbocycles. The summed E-state index contributed by atoms with van der Waals surface area (Å²) in [6.07, 6.45) is -0.0357. The molecule has 0 N–H and O–H groups in total. The van der Waals surface area contributed by atoms with Gasteiger partial charge in [0.25, 0.3) is 6.43 Å². The quantitative estimate of drug-likeness (QED) is 0.713. The summed E-state index contributed by atoms with van der Waals surface area (Å²) in [5.41, 5.74) is 0. The van der Waals surface area contributed by atoms with Crippen LogP contribution in [0.3, 0.4) is 0 Å². The number of nitrogens with zero attached hydrogens (tertiary/aromatic N) is 2. The highest BCUT2D eigenvalue weighted by molar-refractivity contribution is 5.83. The molecule has 1 rings (SSSR count). The van der Waals surface area contributed by atoms with Gasteiger partial charge in [-0.2, -0.15) is 0 Å². The molecule has 3 nitrogen and oxygen atoms in total. The summed E-state index contributed by atoms with van der Waals surface area (Å²) in [6.45, 7) is 2.49. The van der Waals surface area contributed by atoms with Gasteiger partial charge in [-0.1, -0.05) is 0 Å². The largest absolute Gasteiger partial charge is 0.335 e. The highest BCUT2D eigenvalue weighted by atomic mass is 19.3. The Bertz CT molecular complexity index is 296. The molecule has 1 heterocycles. The van der Waals surface area contributed by atoms with Crippen molar-refractivity contribution in [1.82, 2.24) is 9.55 Å². The zero-order valence-corrected chi connectivity index (χ0v) is 7.20. The smallest absolute Gasteiger partial charge is 0.296 e. The maximum absolute atomic E-state index is 11.9. The molecule has 0 aliphatic heterocycles. The number of carbonyl (C=O) groups is 1. The van der Waals surface area contributed by atoms with E-state index >= 15 is 0 Å². The molecule has 0 saturated carbocycles. The Morgan fingerprint density at radius 2 is 2.38 bits per heavy atom. The summed E-state index contributed by atoms with van der Waals surface area (Å²) >= 11 is 0. The molecule has 13 heavy (non-hydrogen) atoms. The van der Waals surface area contributed by atoms with Crippen molar-refractivity contribution in [3.05, 3.63) is 18.2 Å². The van der Waals surface area contributed by atoms with Crippen LogP contribution in [0.2, 0.25) is 0 Å². The van der Waals surface area contributed by atoms with E-state index in [2.05, 4.69) is 4.98 Å². The van der Waals surface area contributed by atoms with Crippen LogP contribution < -0.4 is 0 Å². The van der Waals surface area contributed by atoms with E-state index < -0.39 is 12.2 Å². The summed E-state index contributed by atoms with van der Waals surface area (Å²) in [5.74, 6) is -0.686. The second-order valence-corrected chi connectivity index (χ2v) is 2.57. The minimum absolute atomic E-state index is 0.293. The monoisotopic (exact) mass is 188 g/mol. The fourth-order valence-corrected chi connectivity index (χ4v) is 1.03. The molecule has 5 heteroatoms. The molecule has 0 atom stereocenters. The van der Waals surface area contributed by atoms with Crippen molar-refractivity contribution >= 4 is 5.78 Å². The minimum Gasteiger partial charge on any atom is -0.335 e. The predicted molar refractivity (Wildman–Crippen MR) is 42.6 cm³/mol. The SMILES string of the molecule is CCn1ccnc1CC(=O)C(F)F. The number of imidazole rings is 1. The average molecular weight is 188 g/mol. The molecule has 0 radical (unpaired) electrons. The number of alkyl halides is 2. The van der Waals surface area contributed by atoms with Gasteiger partial charge < -0.3 is 4.57 Å². The van der Waals surface area contributed by atoms with Crippen molar-refractivity contribution in [1.29, 1.82) is 0 Å². The average Bonchev–Trinajstić information content (AvgIpc) is 2.51. The van der Waals surface area contributed by atoms with Crippen molar-refractivity contribution in [3.8, 4) is 0 Å². The van der Waals surface area contributed by atoms with Crippen molar-refractivity contribution < 1.29 is 13.6 Å². The zero-order chi connectivity index (χ0) is 9.84. The van der Waals surface area contributed by atoms with Gasteiger partial charge in [0.05, 0.1) is 6.42 Å². The van der Waals surface area contributed by atoms with E-state index in [1.165, 1.54) is 6.20 Å². The first-order valence-corrected chi connectivity index (χ1v) is 3.96. The lowest BCUT2D eigenvalue weighted by Gasteiger charge is -2.02. The fourth-order valence-electron chi connectivity index (χ4n) is 1.03. The Kier molecular flexibility index (Phi) is 3.11. The summed E-state index contributed by atoms with van der Waals surface area (Å²) in [5, 5.41) is 0. The van der Waals surface area contributed by atoms with Crippen molar-refractivity contribution in [2.45, 2.75) is 26.3 Å². The lowest BCUT2D eigenvalue weighted by Crippen LogP contribution is -2.16. The Morgan fingerprint density at radius 1 is 1.69 bits per heavy atom. The van der Waals surface area contributed by atoms with E-state index in [4.69, 9.17) is 0 Å². The number of halogens is 2. The number of carbonyl (C=O) groups excluding carboxylic acids is 1. The number of rotatable bonds is 4. The third-order valence-electron chi connectivity index (χ3n) is 1.72. The van der Waals surface area contributed by atoms with Gasteiger partial charge in [0, 0.05) is 18.9 Å². The lowest BCUT2D eigenvalue weighted by molar-refractivity contribution is -0.128. The van der Waals surface area contributed by atoms with E-state index in [0.717, 1.165) is 0 Å². The number of ketones is 1. The number of aryl methyl sites for hydroxylation is 1. The standard InChI is InChI=1S/C8H10F2N2O/c1-2-12-4-3-11-7(12)5-6(13)8(9)10/h3-4,8H,2,5H2,1H3. The van der Waals surface area contributed by atoms with E-state index in [1.807, 2.05) is 6.92 Å². The Balaban J connectivity index is 2.68. The summed E-state index contributed by atoms with van der Waals surface area (Å²) in [4.78, 5) is 14.5. The number of Topliss-reactive ketones (excluding diaryl/α,β-unsaturated/α-hetero) is 1. The van der Waals surface area contributed by atoms with E-state index in [9.17, 15) is 13.6 Å². The topological polar surface area (TPSA) is 34.9 Å². The van der Waals surface area contributed by atoms with Crippen molar-refractivity contribution in [2.24, 2.45) is 0 Å². The van der Waals surface area contributed by atoms with Crippen LogP contribution in [0.25, 0.3) is 0 Å². The van der Waals surface area contributed by atoms with Gasteiger partial charge in [-0.05, 0) is 6.92 Å². The van der Waals surface area contributed by atoms with Crippen LogP contribution in [-0.2, 0) is 17.8 Å². The molecule has 1 aromatic heterocycles. The van der Waals surface area contributed by atoms with Gasteiger partial charge in [0.15, 0.2) is 0 Å². The molecule has 0 aliphatic rings. The van der Waals surface area contributed by atoms with Gasteiger partial charge in [0.1, 0.15) is 5.82 Å². The van der Waals surface area contributed by atoms with Crippen LogP contribution in [-0.4, -0.2) is 21.8 Å². The molecule has 0 saturated heterocycles. The molecule has 72 valence electrons. The molecule has 0 amide bonds. The minimum atomic E-state index is -2.90. The fraction of sp³-hybridized carbons (Fsp3) is 0.500. The summed E-state index contributed by atoms with van der Waals surface area (Å²) < 4.78 is 25.4. The van der Waals surface area contributed by atoms with Crippen LogP contribution in [0.15, 0.2) is 12.4 Å². The zero-order valence-electron chi connectivity index (χ0n) is 7.20. The van der Waals surface area contributed by atoms with E-state index in [0.29, 0.717) is 12.4 Å². The Labute approximate surface area is 74.4 Å². The number of hydrogen-bond acceptors (Lipinski definition) is 2. The predicted octanol–water partition coefficient (Wildman–Crippen LogP) is 1.28. The highest BCUT2D eigenvalue weighted by Crippen LogP contribution is 2.03. The lowest BCUT2D eigenvalue weighted by atomic mass is 10.3. The van der Waals surface area contributed by atoms with Gasteiger partial charge in [-0.3, -0.25) is 4.79 Å². The normalized spacial score (nSPS) is 10.8. The van der Waals surface area contributed by atoms with Gasteiger partial charge in [-0.15, -0.1) is 0 Å². The summed E-state index contributed by atoms with van der Waals surface area (Å²) in [7, 11) is 0. The molecular weight excluding hydrogens is 178 g/mol. The van der Waals surface area contributed by atoms with Crippen molar-refractivity contribution in [2.75, 3.05) is 0 Å². The van der Waals surface area contributed by atoms with Crippen LogP contribution in [0.4, 0.5) is 8.78 Å². The third-order valence-corrected chi connectivity index (χ3v) is 1.72. The Hall–Kier alpha value is -1.26. The number of hydrogen-bond donors (Lipinski definition) is 0. The molecule has 0 aliphatic carbocycles. The number of aromatic nitrogens is 2. The Morgan fingerprint density at radius 3 is 2.92 bits per heavy atom. The van der Waals surface area contributed by atoms with E-state index in [1.54, 1.807) is 10.8 Å². The molecule has 0 fully saturated rings.